The average molecular weight is 201 g/mol. The molecule has 0 amide bonds. The quantitative estimate of drug-likeness (QED) is 0.506. The molecule has 0 aromatic rings. The molecule has 0 aromatic heterocycles. The fraction of sp³-hybridized carbons (Fsp3) is 0.909. The van der Waals surface area contributed by atoms with E-state index in [2.05, 4.69) is 23.9 Å². The molecule has 0 aliphatic rings. The Labute approximate surface area is 87.2 Å². The van der Waals surface area contributed by atoms with Crippen molar-refractivity contribution < 1.29 is 9.53 Å². The fourth-order valence-corrected chi connectivity index (χ4v) is 1.46. The van der Waals surface area contributed by atoms with Crippen molar-refractivity contribution in [1.82, 2.24) is 5.32 Å². The molecule has 0 heterocycles. The van der Waals surface area contributed by atoms with Crippen LogP contribution in [0.1, 0.15) is 46.0 Å². The van der Waals surface area contributed by atoms with Gasteiger partial charge >= 0.3 is 5.97 Å². The van der Waals surface area contributed by atoms with E-state index in [0.717, 1.165) is 12.8 Å². The number of carbonyl (C=O) groups is 1. The van der Waals surface area contributed by atoms with Crippen LogP contribution in [0.2, 0.25) is 0 Å². The van der Waals surface area contributed by atoms with E-state index in [9.17, 15) is 4.79 Å². The number of hydrogen-bond acceptors (Lipinski definition) is 3. The Morgan fingerprint density at radius 3 is 2.50 bits per heavy atom. The van der Waals surface area contributed by atoms with Gasteiger partial charge in [0.15, 0.2) is 0 Å². The first kappa shape index (κ1) is 13.4. The van der Waals surface area contributed by atoms with Crippen LogP contribution in [0, 0.1) is 0 Å². The first-order valence-corrected chi connectivity index (χ1v) is 5.33. The van der Waals surface area contributed by atoms with Crippen LogP contribution in [0.5, 0.6) is 0 Å². The highest BCUT2D eigenvalue weighted by Gasteiger charge is 2.25. The maximum atomic E-state index is 11.2. The monoisotopic (exact) mass is 201 g/mol. The lowest BCUT2D eigenvalue weighted by Gasteiger charge is -2.28. The van der Waals surface area contributed by atoms with Gasteiger partial charge in [-0.1, -0.05) is 26.2 Å². The van der Waals surface area contributed by atoms with Gasteiger partial charge in [-0.15, -0.1) is 0 Å². The molecule has 3 nitrogen and oxygen atoms in total. The summed E-state index contributed by atoms with van der Waals surface area (Å²) in [6, 6.07) is 0. The molecule has 0 radical (unpaired) electrons. The van der Waals surface area contributed by atoms with Gasteiger partial charge in [-0.05, 0) is 20.4 Å². The van der Waals surface area contributed by atoms with Crippen LogP contribution in [0.4, 0.5) is 0 Å². The van der Waals surface area contributed by atoms with E-state index in [0.29, 0.717) is 6.42 Å². The predicted molar refractivity (Wildman–Crippen MR) is 58.2 cm³/mol. The summed E-state index contributed by atoms with van der Waals surface area (Å²) >= 11 is 0. The zero-order chi connectivity index (χ0) is 11.0. The van der Waals surface area contributed by atoms with Crippen molar-refractivity contribution >= 4 is 5.97 Å². The van der Waals surface area contributed by atoms with Crippen LogP contribution < -0.4 is 5.32 Å². The molecule has 0 fully saturated rings. The molecule has 0 aliphatic carbocycles. The summed E-state index contributed by atoms with van der Waals surface area (Å²) in [5, 5.41) is 3.20. The van der Waals surface area contributed by atoms with E-state index in [1.807, 2.05) is 7.05 Å². The molecule has 0 aliphatic heterocycles. The van der Waals surface area contributed by atoms with Gasteiger partial charge in [0.05, 0.1) is 13.5 Å². The molecule has 1 atom stereocenters. The van der Waals surface area contributed by atoms with E-state index in [-0.39, 0.29) is 11.5 Å². The molecule has 1 unspecified atom stereocenters. The Hall–Kier alpha value is -0.570. The predicted octanol–water partition coefficient (Wildman–Crippen LogP) is 2.11. The minimum absolute atomic E-state index is 0.109. The molecule has 0 spiro atoms. The molecule has 0 rings (SSSR count). The number of ether oxygens (including phenoxy) is 1. The SMILES string of the molecule is CCCCCC(C)(CC(=O)OC)NC. The smallest absolute Gasteiger partial charge is 0.307 e. The fourth-order valence-electron chi connectivity index (χ4n) is 1.46. The summed E-state index contributed by atoms with van der Waals surface area (Å²) in [5.41, 5.74) is -0.109. The zero-order valence-electron chi connectivity index (χ0n) is 9.85. The first-order valence-electron chi connectivity index (χ1n) is 5.33. The number of nitrogens with one attached hydrogen (secondary N) is 1. The van der Waals surface area contributed by atoms with Gasteiger partial charge in [0.25, 0.3) is 0 Å². The Bertz CT molecular complexity index is 171. The van der Waals surface area contributed by atoms with Gasteiger partial charge in [0.2, 0.25) is 0 Å². The van der Waals surface area contributed by atoms with Crippen molar-refractivity contribution in [3.63, 3.8) is 0 Å². The molecule has 84 valence electrons. The summed E-state index contributed by atoms with van der Waals surface area (Å²) in [5.74, 6) is -0.140. The zero-order valence-corrected chi connectivity index (χ0v) is 9.85. The lowest BCUT2D eigenvalue weighted by Crippen LogP contribution is -2.42. The maximum Gasteiger partial charge on any atom is 0.307 e. The maximum absolute atomic E-state index is 11.2. The summed E-state index contributed by atoms with van der Waals surface area (Å²) in [4.78, 5) is 11.2. The number of methoxy groups -OCH3 is 1. The highest BCUT2D eigenvalue weighted by Crippen LogP contribution is 2.18. The summed E-state index contributed by atoms with van der Waals surface area (Å²) in [6.07, 6.45) is 5.05. The van der Waals surface area contributed by atoms with Crippen molar-refractivity contribution in [2.45, 2.75) is 51.5 Å². The van der Waals surface area contributed by atoms with Gasteiger partial charge in [0.1, 0.15) is 0 Å². The van der Waals surface area contributed by atoms with Gasteiger partial charge in [0, 0.05) is 5.54 Å². The van der Waals surface area contributed by atoms with Crippen LogP contribution in [0.25, 0.3) is 0 Å². The average Bonchev–Trinajstić information content (AvgIpc) is 2.18. The highest BCUT2D eigenvalue weighted by atomic mass is 16.5. The van der Waals surface area contributed by atoms with Gasteiger partial charge in [-0.25, -0.2) is 0 Å². The van der Waals surface area contributed by atoms with Gasteiger partial charge in [-0.2, -0.15) is 0 Å². The Morgan fingerprint density at radius 1 is 1.43 bits per heavy atom. The number of esters is 1. The minimum Gasteiger partial charge on any atom is -0.469 e. The molecular formula is C11H23NO2. The number of unbranched alkanes of at least 4 members (excludes halogenated alkanes) is 2. The van der Waals surface area contributed by atoms with E-state index in [4.69, 9.17) is 0 Å². The summed E-state index contributed by atoms with van der Waals surface area (Å²) < 4.78 is 4.68. The van der Waals surface area contributed by atoms with Gasteiger partial charge in [-0.3, -0.25) is 4.79 Å². The number of hydrogen-bond donors (Lipinski definition) is 1. The second-order valence-electron chi connectivity index (χ2n) is 4.02. The molecular weight excluding hydrogens is 178 g/mol. The van der Waals surface area contributed by atoms with Gasteiger partial charge < -0.3 is 10.1 Å². The lowest BCUT2D eigenvalue weighted by molar-refractivity contribution is -0.142. The highest BCUT2D eigenvalue weighted by molar-refractivity contribution is 5.70. The van der Waals surface area contributed by atoms with Crippen LogP contribution in [0.15, 0.2) is 0 Å². The van der Waals surface area contributed by atoms with Crippen molar-refractivity contribution in [3.8, 4) is 0 Å². The molecule has 0 bridgehead atoms. The van der Waals surface area contributed by atoms with E-state index in [1.54, 1.807) is 0 Å². The summed E-state index contributed by atoms with van der Waals surface area (Å²) in [7, 11) is 3.33. The van der Waals surface area contributed by atoms with Crippen LogP contribution >= 0.6 is 0 Å². The van der Waals surface area contributed by atoms with Crippen molar-refractivity contribution in [1.29, 1.82) is 0 Å². The Morgan fingerprint density at radius 2 is 2.07 bits per heavy atom. The first-order chi connectivity index (χ1) is 6.58. The molecule has 14 heavy (non-hydrogen) atoms. The van der Waals surface area contributed by atoms with Crippen LogP contribution in [-0.4, -0.2) is 25.7 Å². The molecule has 0 saturated carbocycles. The number of carbonyl (C=O) groups excluding carboxylic acids is 1. The van der Waals surface area contributed by atoms with Crippen molar-refractivity contribution in [3.05, 3.63) is 0 Å². The lowest BCUT2D eigenvalue weighted by atomic mass is 9.91. The van der Waals surface area contributed by atoms with Crippen LogP contribution in [0.3, 0.4) is 0 Å². The molecule has 1 N–H and O–H groups in total. The normalized spacial score (nSPS) is 14.9. The minimum atomic E-state index is -0.140. The third-order valence-corrected chi connectivity index (χ3v) is 2.70. The van der Waals surface area contributed by atoms with E-state index >= 15 is 0 Å². The number of rotatable bonds is 7. The second-order valence-corrected chi connectivity index (χ2v) is 4.02. The van der Waals surface area contributed by atoms with Crippen molar-refractivity contribution in [2.24, 2.45) is 0 Å². The molecule has 0 aromatic carbocycles. The largest absolute Gasteiger partial charge is 0.469 e. The van der Waals surface area contributed by atoms with Crippen molar-refractivity contribution in [2.75, 3.05) is 14.2 Å². The Balaban J connectivity index is 3.97. The third-order valence-electron chi connectivity index (χ3n) is 2.70. The van der Waals surface area contributed by atoms with Crippen LogP contribution in [-0.2, 0) is 9.53 Å². The summed E-state index contributed by atoms with van der Waals surface area (Å²) in [6.45, 7) is 4.25. The molecule has 3 heteroatoms. The van der Waals surface area contributed by atoms with E-state index < -0.39 is 0 Å². The second kappa shape index (κ2) is 6.82. The van der Waals surface area contributed by atoms with E-state index in [1.165, 1.54) is 20.0 Å². The standard InChI is InChI=1S/C11H23NO2/c1-5-6-7-8-11(2,12-3)9-10(13)14-4/h12H,5-9H2,1-4H3. The topological polar surface area (TPSA) is 38.3 Å². The third kappa shape index (κ3) is 5.22. The molecule has 0 saturated heterocycles. The Kier molecular flexibility index (Phi) is 6.54.